The maximum Gasteiger partial charge on any atom is 0.237 e. The summed E-state index contributed by atoms with van der Waals surface area (Å²) >= 11 is 0.704. The molecule has 0 aliphatic heterocycles. The molecule has 0 radical (unpaired) electrons. The lowest BCUT2D eigenvalue weighted by atomic mass is 10.1. The van der Waals surface area contributed by atoms with Crippen molar-refractivity contribution in [3.63, 3.8) is 0 Å². The molecule has 1 heterocycles. The van der Waals surface area contributed by atoms with Crippen LogP contribution in [-0.4, -0.2) is 31.5 Å². The number of sulfone groups is 1. The van der Waals surface area contributed by atoms with E-state index in [1.807, 2.05) is 0 Å². The molecule has 0 spiro atoms. The highest BCUT2D eigenvalue weighted by molar-refractivity contribution is 7.92. The van der Waals surface area contributed by atoms with E-state index in [0.717, 1.165) is 12.5 Å². The second-order valence-electron chi connectivity index (χ2n) is 3.03. The second kappa shape index (κ2) is 4.18. The zero-order valence-corrected chi connectivity index (χ0v) is 9.84. The molecular formula is C7H9N3O4S2. The highest BCUT2D eigenvalue weighted by Gasteiger charge is 2.28. The largest absolute Gasteiger partial charge is 0.369 e. The fraction of sp³-hybridized carbons (Fsp3) is 0.286. The van der Waals surface area contributed by atoms with Crippen LogP contribution in [0.15, 0.2) is 10.4 Å². The Balaban J connectivity index is 3.19. The molecule has 0 bridgehead atoms. The summed E-state index contributed by atoms with van der Waals surface area (Å²) < 4.78 is 22.2. The first-order valence-electron chi connectivity index (χ1n) is 3.98. The molecular weight excluding hydrogens is 254 g/mol. The molecule has 0 unspecified atom stereocenters. The van der Waals surface area contributed by atoms with Gasteiger partial charge in [0.1, 0.15) is 9.22 Å². The van der Waals surface area contributed by atoms with Crippen LogP contribution in [0.3, 0.4) is 0 Å². The van der Waals surface area contributed by atoms with Crippen molar-refractivity contribution in [2.75, 3.05) is 6.26 Å². The molecule has 9 heteroatoms. The molecule has 0 atom stereocenters. The summed E-state index contributed by atoms with van der Waals surface area (Å²) in [6, 6.07) is 0. The first-order valence-corrected chi connectivity index (χ1v) is 6.68. The number of nitrogens with two attached hydrogens (primary N) is 2. The molecule has 16 heavy (non-hydrogen) atoms. The lowest BCUT2D eigenvalue weighted by molar-refractivity contribution is -0.128. The van der Waals surface area contributed by atoms with Gasteiger partial charge in [0, 0.05) is 6.26 Å². The molecule has 0 aliphatic rings. The van der Waals surface area contributed by atoms with Gasteiger partial charge in [-0.25, -0.2) is 13.4 Å². The Morgan fingerprint density at radius 3 is 2.19 bits per heavy atom. The van der Waals surface area contributed by atoms with Gasteiger partial charge in [-0.2, -0.15) is 0 Å². The van der Waals surface area contributed by atoms with E-state index in [1.54, 1.807) is 0 Å². The maximum absolute atomic E-state index is 11.1. The van der Waals surface area contributed by atoms with Gasteiger partial charge in [0.2, 0.25) is 11.8 Å². The van der Waals surface area contributed by atoms with Crippen molar-refractivity contribution in [2.24, 2.45) is 11.5 Å². The monoisotopic (exact) mass is 263 g/mol. The SMILES string of the molecule is CS(=O)(=O)c1cnc(C(C(N)=O)C(N)=O)s1. The molecule has 1 rings (SSSR count). The fourth-order valence-electron chi connectivity index (χ4n) is 0.961. The Bertz CT molecular complexity index is 520. The number of carbonyl (C=O) groups is 2. The van der Waals surface area contributed by atoms with E-state index in [9.17, 15) is 18.0 Å². The Kier molecular flexibility index (Phi) is 3.29. The van der Waals surface area contributed by atoms with Crippen LogP contribution in [0, 0.1) is 0 Å². The van der Waals surface area contributed by atoms with E-state index in [1.165, 1.54) is 0 Å². The summed E-state index contributed by atoms with van der Waals surface area (Å²) in [6.07, 6.45) is 2.06. The van der Waals surface area contributed by atoms with Gasteiger partial charge >= 0.3 is 0 Å². The van der Waals surface area contributed by atoms with Gasteiger partial charge in [0.25, 0.3) is 0 Å². The van der Waals surface area contributed by atoms with Crippen LogP contribution in [0.5, 0.6) is 0 Å². The summed E-state index contributed by atoms with van der Waals surface area (Å²) in [7, 11) is -3.42. The first-order chi connectivity index (χ1) is 7.23. The van der Waals surface area contributed by atoms with Gasteiger partial charge in [0.15, 0.2) is 15.8 Å². The quantitative estimate of drug-likeness (QED) is 0.644. The Morgan fingerprint density at radius 2 is 1.88 bits per heavy atom. The predicted molar refractivity (Wildman–Crippen MR) is 56.4 cm³/mol. The molecule has 88 valence electrons. The van der Waals surface area contributed by atoms with E-state index >= 15 is 0 Å². The molecule has 7 nitrogen and oxygen atoms in total. The van der Waals surface area contributed by atoms with Crippen LogP contribution in [0.4, 0.5) is 0 Å². The van der Waals surface area contributed by atoms with Crippen molar-refractivity contribution in [2.45, 2.75) is 10.1 Å². The number of rotatable bonds is 4. The average molecular weight is 263 g/mol. The summed E-state index contributed by atoms with van der Waals surface area (Å²) in [4.78, 5) is 25.5. The van der Waals surface area contributed by atoms with E-state index in [-0.39, 0.29) is 9.22 Å². The Labute approximate surface area is 95.4 Å². The van der Waals surface area contributed by atoms with Crippen LogP contribution in [-0.2, 0) is 19.4 Å². The predicted octanol–water partition coefficient (Wildman–Crippen LogP) is -1.40. The van der Waals surface area contributed by atoms with Crippen molar-refractivity contribution in [3.05, 3.63) is 11.2 Å². The van der Waals surface area contributed by atoms with Gasteiger partial charge < -0.3 is 11.5 Å². The molecule has 1 aromatic heterocycles. The average Bonchev–Trinajstić information content (AvgIpc) is 2.50. The highest BCUT2D eigenvalue weighted by atomic mass is 32.2. The molecule has 0 aromatic carbocycles. The minimum Gasteiger partial charge on any atom is -0.369 e. The molecule has 1 aromatic rings. The van der Waals surface area contributed by atoms with Gasteiger partial charge in [0.05, 0.1) is 6.20 Å². The van der Waals surface area contributed by atoms with E-state index < -0.39 is 27.6 Å². The first kappa shape index (κ1) is 12.6. The third-order valence-corrected chi connectivity index (χ3v) is 4.54. The van der Waals surface area contributed by atoms with Crippen LogP contribution in [0.2, 0.25) is 0 Å². The Hall–Kier alpha value is -1.48. The summed E-state index contributed by atoms with van der Waals surface area (Å²) in [5, 5.41) is -0.0135. The standard InChI is InChI=1S/C7H9N3O4S2/c1-16(13,14)3-2-10-7(15-3)4(5(8)11)6(9)12/h2,4H,1H3,(H2,8,11)(H2,9,12). The normalized spacial score (nSPS) is 11.6. The molecule has 0 saturated heterocycles. The van der Waals surface area contributed by atoms with Crippen LogP contribution >= 0.6 is 11.3 Å². The van der Waals surface area contributed by atoms with Crippen LogP contribution in [0.1, 0.15) is 10.9 Å². The molecule has 0 aliphatic carbocycles. The number of aromatic nitrogens is 1. The maximum atomic E-state index is 11.1. The second-order valence-corrected chi connectivity index (χ2v) is 6.33. The summed E-state index contributed by atoms with van der Waals surface area (Å²) in [6.45, 7) is 0. The summed E-state index contributed by atoms with van der Waals surface area (Å²) in [5.41, 5.74) is 9.93. The third kappa shape index (κ3) is 2.55. The number of amides is 2. The highest BCUT2D eigenvalue weighted by Crippen LogP contribution is 2.24. The van der Waals surface area contributed by atoms with Crippen molar-refractivity contribution in [1.82, 2.24) is 4.98 Å². The van der Waals surface area contributed by atoms with E-state index in [2.05, 4.69) is 4.98 Å². The zero-order valence-electron chi connectivity index (χ0n) is 8.21. The minimum atomic E-state index is -3.42. The number of nitrogens with zero attached hydrogens (tertiary/aromatic N) is 1. The number of hydrogen-bond donors (Lipinski definition) is 2. The number of carbonyl (C=O) groups excluding carboxylic acids is 2. The number of thiazole rings is 1. The van der Waals surface area contributed by atoms with Gasteiger partial charge in [-0.3, -0.25) is 9.59 Å². The molecule has 0 fully saturated rings. The Morgan fingerprint density at radius 1 is 1.38 bits per heavy atom. The van der Waals surface area contributed by atoms with Gasteiger partial charge in [-0.05, 0) is 0 Å². The lowest BCUT2D eigenvalue weighted by Gasteiger charge is -2.04. The van der Waals surface area contributed by atoms with E-state index in [0.29, 0.717) is 11.3 Å². The fourth-order valence-corrected chi connectivity index (χ4v) is 2.83. The van der Waals surface area contributed by atoms with Crippen LogP contribution < -0.4 is 11.5 Å². The van der Waals surface area contributed by atoms with Crippen molar-refractivity contribution < 1.29 is 18.0 Å². The van der Waals surface area contributed by atoms with Crippen molar-refractivity contribution in [3.8, 4) is 0 Å². The van der Waals surface area contributed by atoms with Crippen molar-refractivity contribution >= 4 is 33.0 Å². The van der Waals surface area contributed by atoms with Crippen LogP contribution in [0.25, 0.3) is 0 Å². The molecule has 4 N–H and O–H groups in total. The summed E-state index contributed by atoms with van der Waals surface area (Å²) in [5.74, 6) is -3.30. The van der Waals surface area contributed by atoms with Gasteiger partial charge in [-0.1, -0.05) is 0 Å². The zero-order chi connectivity index (χ0) is 12.5. The smallest absolute Gasteiger partial charge is 0.237 e. The minimum absolute atomic E-state index is 0.0135. The van der Waals surface area contributed by atoms with E-state index in [4.69, 9.17) is 11.5 Å². The van der Waals surface area contributed by atoms with Gasteiger partial charge in [-0.15, -0.1) is 11.3 Å². The lowest BCUT2D eigenvalue weighted by Crippen LogP contribution is -2.32. The molecule has 2 amide bonds. The van der Waals surface area contributed by atoms with Crippen molar-refractivity contribution in [1.29, 1.82) is 0 Å². The third-order valence-electron chi connectivity index (χ3n) is 1.68. The number of hydrogen-bond acceptors (Lipinski definition) is 6. The topological polar surface area (TPSA) is 133 Å². The molecule has 0 saturated carbocycles. The number of primary amides is 2.